The summed E-state index contributed by atoms with van der Waals surface area (Å²) in [5.74, 6) is 0.600. The van der Waals surface area contributed by atoms with E-state index in [1.165, 1.54) is 5.57 Å². The normalized spacial score (nSPS) is 21.8. The van der Waals surface area contributed by atoms with E-state index in [-0.39, 0.29) is 13.4 Å². The van der Waals surface area contributed by atoms with E-state index in [0.717, 1.165) is 50.2 Å². The SMILES string of the molecule is CC1=CCNC=C1CN(C)C(=O)NCC1CC12CCN(C(=O)c1cnn(C)c1C)CC2.[HH]. The Morgan fingerprint density at radius 2 is 2.10 bits per heavy atom. The van der Waals surface area contributed by atoms with Crippen molar-refractivity contribution in [3.05, 3.63) is 40.9 Å². The second-order valence-electron chi connectivity index (χ2n) is 9.33. The fraction of sp³-hybridized carbons (Fsp3) is 0.609. The molecule has 1 saturated heterocycles. The summed E-state index contributed by atoms with van der Waals surface area (Å²) in [7, 11) is 3.70. The molecule has 3 amide bonds. The molecule has 170 valence electrons. The van der Waals surface area contributed by atoms with Gasteiger partial charge in [0.2, 0.25) is 0 Å². The van der Waals surface area contributed by atoms with E-state index in [1.807, 2.05) is 32.1 Å². The third-order valence-electron chi connectivity index (χ3n) is 7.43. The molecular weight excluding hydrogens is 392 g/mol. The number of hydrogen-bond acceptors (Lipinski definition) is 4. The van der Waals surface area contributed by atoms with Gasteiger partial charge in [-0.15, -0.1) is 0 Å². The molecule has 3 heterocycles. The Labute approximate surface area is 185 Å². The average molecular weight is 429 g/mol. The van der Waals surface area contributed by atoms with Crippen LogP contribution in [0.5, 0.6) is 0 Å². The van der Waals surface area contributed by atoms with E-state index in [9.17, 15) is 9.59 Å². The number of likely N-dealkylation sites (N-methyl/N-ethyl adjacent to an activating group) is 1. The molecule has 0 radical (unpaired) electrons. The van der Waals surface area contributed by atoms with E-state index in [0.29, 0.717) is 30.0 Å². The highest BCUT2D eigenvalue weighted by Gasteiger charge is 2.54. The second kappa shape index (κ2) is 8.40. The molecule has 1 aromatic heterocycles. The van der Waals surface area contributed by atoms with Crippen molar-refractivity contribution in [2.24, 2.45) is 18.4 Å². The monoisotopic (exact) mass is 428 g/mol. The third kappa shape index (κ3) is 4.34. The van der Waals surface area contributed by atoms with Gasteiger partial charge < -0.3 is 20.4 Å². The number of carbonyl (C=O) groups is 2. The van der Waals surface area contributed by atoms with Gasteiger partial charge in [0, 0.05) is 60.1 Å². The minimum atomic E-state index is -0.0269. The number of aromatic nitrogens is 2. The molecule has 1 aromatic rings. The van der Waals surface area contributed by atoms with E-state index in [4.69, 9.17) is 0 Å². The van der Waals surface area contributed by atoms with Gasteiger partial charge in [0.1, 0.15) is 0 Å². The first-order valence-corrected chi connectivity index (χ1v) is 11.2. The number of likely N-dealkylation sites (tertiary alicyclic amines) is 1. The quantitative estimate of drug-likeness (QED) is 0.754. The zero-order chi connectivity index (χ0) is 22.2. The van der Waals surface area contributed by atoms with Crippen molar-refractivity contribution in [3.63, 3.8) is 0 Å². The molecule has 8 heteroatoms. The number of carbonyl (C=O) groups excluding carboxylic acids is 2. The first-order valence-electron chi connectivity index (χ1n) is 11.2. The lowest BCUT2D eigenvalue weighted by Gasteiger charge is -2.33. The van der Waals surface area contributed by atoms with Gasteiger partial charge in [0.05, 0.1) is 11.8 Å². The van der Waals surface area contributed by atoms with Crippen LogP contribution in [0.15, 0.2) is 29.6 Å². The molecule has 1 aliphatic carbocycles. The standard InChI is InChI=1S/C23H34N6O2.H2/c1-16-5-8-24-12-18(16)15-27(3)22(31)25-13-19-11-23(19)6-9-29(10-7-23)21(30)20-14-26-28(4)17(20)2;/h5,12,14,19,24H,6-11,13,15H2,1-4H3,(H,25,31);1H. The van der Waals surface area contributed by atoms with Crippen molar-refractivity contribution in [3.8, 4) is 0 Å². The van der Waals surface area contributed by atoms with Gasteiger partial charge in [-0.25, -0.2) is 4.79 Å². The van der Waals surface area contributed by atoms with Crippen molar-refractivity contribution in [1.29, 1.82) is 0 Å². The van der Waals surface area contributed by atoms with E-state index < -0.39 is 0 Å². The molecule has 2 fully saturated rings. The summed E-state index contributed by atoms with van der Waals surface area (Å²) in [5.41, 5.74) is 4.28. The first-order chi connectivity index (χ1) is 14.8. The molecule has 31 heavy (non-hydrogen) atoms. The maximum absolute atomic E-state index is 12.8. The minimum Gasteiger partial charge on any atom is -0.387 e. The van der Waals surface area contributed by atoms with Crippen LogP contribution in [-0.4, -0.2) is 71.3 Å². The summed E-state index contributed by atoms with van der Waals surface area (Å²) >= 11 is 0. The Hall–Kier alpha value is -2.77. The van der Waals surface area contributed by atoms with Crippen LogP contribution in [0.4, 0.5) is 4.79 Å². The summed E-state index contributed by atoms with van der Waals surface area (Å²) in [6, 6.07) is -0.0269. The van der Waals surface area contributed by atoms with Gasteiger partial charge in [-0.05, 0) is 55.6 Å². The maximum Gasteiger partial charge on any atom is 0.317 e. The number of hydrogen-bond donors (Lipinski definition) is 2. The maximum atomic E-state index is 12.8. The van der Waals surface area contributed by atoms with Gasteiger partial charge in [0.15, 0.2) is 0 Å². The Kier molecular flexibility index (Phi) is 5.81. The smallest absolute Gasteiger partial charge is 0.317 e. The fourth-order valence-electron chi connectivity index (χ4n) is 4.85. The Bertz CT molecular complexity index is 929. The Balaban J connectivity index is 0.00000289. The van der Waals surface area contributed by atoms with Crippen molar-refractivity contribution >= 4 is 11.9 Å². The largest absolute Gasteiger partial charge is 0.387 e. The van der Waals surface area contributed by atoms with Gasteiger partial charge in [0.25, 0.3) is 5.91 Å². The minimum absolute atomic E-state index is 0. The highest BCUT2D eigenvalue weighted by molar-refractivity contribution is 5.95. The van der Waals surface area contributed by atoms with Crippen molar-refractivity contribution < 1.29 is 11.0 Å². The van der Waals surface area contributed by atoms with Crippen LogP contribution in [-0.2, 0) is 7.05 Å². The molecule has 1 atom stereocenters. The van der Waals surface area contributed by atoms with Crippen LogP contribution in [0, 0.1) is 18.3 Å². The van der Waals surface area contributed by atoms with Crippen LogP contribution in [0.25, 0.3) is 0 Å². The lowest BCUT2D eigenvalue weighted by molar-refractivity contribution is 0.0668. The molecule has 4 rings (SSSR count). The van der Waals surface area contributed by atoms with Gasteiger partial charge in [-0.2, -0.15) is 5.10 Å². The predicted octanol–water partition coefficient (Wildman–Crippen LogP) is 2.29. The number of aryl methyl sites for hydroxylation is 1. The molecule has 1 spiro atoms. The number of amides is 3. The number of rotatable bonds is 5. The number of piperidine rings is 1. The lowest BCUT2D eigenvalue weighted by atomic mass is 9.90. The van der Waals surface area contributed by atoms with Crippen molar-refractivity contribution in [2.45, 2.75) is 33.1 Å². The van der Waals surface area contributed by atoms with Crippen LogP contribution in [0.3, 0.4) is 0 Å². The second-order valence-corrected chi connectivity index (χ2v) is 9.33. The molecule has 0 bridgehead atoms. The topological polar surface area (TPSA) is 82.5 Å². The Morgan fingerprint density at radius 3 is 2.74 bits per heavy atom. The van der Waals surface area contributed by atoms with E-state index in [2.05, 4.69) is 28.7 Å². The molecule has 2 aliphatic heterocycles. The van der Waals surface area contributed by atoms with Gasteiger partial charge in [-0.1, -0.05) is 6.08 Å². The van der Waals surface area contributed by atoms with Crippen LogP contribution in [0.2, 0.25) is 0 Å². The summed E-state index contributed by atoms with van der Waals surface area (Å²) in [6.45, 7) is 7.74. The molecule has 8 nitrogen and oxygen atoms in total. The number of nitrogens with one attached hydrogen (secondary N) is 2. The van der Waals surface area contributed by atoms with E-state index >= 15 is 0 Å². The van der Waals surface area contributed by atoms with Crippen LogP contribution in [0.1, 0.15) is 43.7 Å². The number of urea groups is 1. The van der Waals surface area contributed by atoms with Crippen LogP contribution >= 0.6 is 0 Å². The molecule has 0 aromatic carbocycles. The zero-order valence-corrected chi connectivity index (χ0v) is 19.1. The lowest BCUT2D eigenvalue weighted by Crippen LogP contribution is -2.42. The molecule has 1 unspecified atom stereocenters. The molecule has 1 saturated carbocycles. The van der Waals surface area contributed by atoms with Gasteiger partial charge in [-0.3, -0.25) is 9.48 Å². The number of nitrogens with zero attached hydrogens (tertiary/aromatic N) is 4. The predicted molar refractivity (Wildman–Crippen MR) is 122 cm³/mol. The van der Waals surface area contributed by atoms with Gasteiger partial charge >= 0.3 is 6.03 Å². The summed E-state index contributed by atoms with van der Waals surface area (Å²) < 4.78 is 1.74. The van der Waals surface area contributed by atoms with Crippen molar-refractivity contribution in [1.82, 2.24) is 30.2 Å². The molecule has 3 aliphatic rings. The summed E-state index contributed by atoms with van der Waals surface area (Å²) in [4.78, 5) is 29.1. The Morgan fingerprint density at radius 1 is 1.35 bits per heavy atom. The molecule has 2 N–H and O–H groups in total. The highest BCUT2D eigenvalue weighted by Crippen LogP contribution is 2.59. The number of dihydropyridines is 1. The van der Waals surface area contributed by atoms with Crippen molar-refractivity contribution in [2.75, 3.05) is 39.8 Å². The van der Waals surface area contributed by atoms with E-state index in [1.54, 1.807) is 15.8 Å². The average Bonchev–Trinajstić information content (AvgIpc) is 3.33. The first kappa shape index (κ1) is 21.5. The van der Waals surface area contributed by atoms with Crippen LogP contribution < -0.4 is 10.6 Å². The zero-order valence-electron chi connectivity index (χ0n) is 19.1. The summed E-state index contributed by atoms with van der Waals surface area (Å²) in [5, 5.41) is 10.5. The third-order valence-corrected chi connectivity index (χ3v) is 7.43. The fourth-order valence-corrected chi connectivity index (χ4v) is 4.85. The highest BCUT2D eigenvalue weighted by atomic mass is 16.2. The molecular formula is C23H36N6O2. The summed E-state index contributed by atoms with van der Waals surface area (Å²) in [6.07, 6.45) is 8.97.